The lowest BCUT2D eigenvalue weighted by molar-refractivity contribution is -0.129. The predicted octanol–water partition coefficient (Wildman–Crippen LogP) is 4.23. The average molecular weight is 430 g/mol. The van der Waals surface area contributed by atoms with Gasteiger partial charge in [0.1, 0.15) is 5.57 Å². The number of aromatic nitrogens is 1. The SMILES string of the molecule is Cc1ccc(-n2c(C)cc(/C=C3/C(=O)NC(=S)N(Cc4ccccc4)C3=O)c2C)cc1. The topological polar surface area (TPSA) is 54.3 Å². The summed E-state index contributed by atoms with van der Waals surface area (Å²) in [5.74, 6) is -0.864. The molecule has 1 aliphatic rings. The summed E-state index contributed by atoms with van der Waals surface area (Å²) < 4.78 is 2.11. The molecule has 2 aromatic carbocycles. The first-order valence-electron chi connectivity index (χ1n) is 10.0. The van der Waals surface area contributed by atoms with E-state index in [1.165, 1.54) is 10.5 Å². The van der Waals surface area contributed by atoms with Gasteiger partial charge in [0.05, 0.1) is 6.54 Å². The summed E-state index contributed by atoms with van der Waals surface area (Å²) >= 11 is 5.26. The van der Waals surface area contributed by atoms with Gasteiger partial charge in [0, 0.05) is 17.1 Å². The van der Waals surface area contributed by atoms with Gasteiger partial charge in [0.25, 0.3) is 11.8 Å². The lowest BCUT2D eigenvalue weighted by atomic mass is 10.1. The zero-order chi connectivity index (χ0) is 22.1. The third-order valence-corrected chi connectivity index (χ3v) is 5.75. The molecule has 2 amide bonds. The highest BCUT2D eigenvalue weighted by Crippen LogP contribution is 2.25. The Morgan fingerprint density at radius 2 is 1.65 bits per heavy atom. The fourth-order valence-electron chi connectivity index (χ4n) is 3.78. The van der Waals surface area contributed by atoms with Crippen LogP contribution >= 0.6 is 12.2 Å². The number of rotatable bonds is 4. The number of carbonyl (C=O) groups is 2. The zero-order valence-electron chi connectivity index (χ0n) is 17.7. The molecule has 3 aromatic rings. The third-order valence-electron chi connectivity index (χ3n) is 5.43. The molecule has 6 heteroatoms. The van der Waals surface area contributed by atoms with E-state index in [0.717, 1.165) is 28.2 Å². The molecule has 1 aliphatic heterocycles. The van der Waals surface area contributed by atoms with Gasteiger partial charge in [-0.25, -0.2) is 0 Å². The number of nitrogens with one attached hydrogen (secondary N) is 1. The maximum Gasteiger partial charge on any atom is 0.265 e. The van der Waals surface area contributed by atoms with Crippen LogP contribution in [0, 0.1) is 20.8 Å². The average Bonchev–Trinajstić information content (AvgIpc) is 3.03. The number of amides is 2. The van der Waals surface area contributed by atoms with E-state index >= 15 is 0 Å². The minimum Gasteiger partial charge on any atom is -0.318 e. The van der Waals surface area contributed by atoms with Gasteiger partial charge in [-0.3, -0.25) is 19.8 Å². The quantitative estimate of drug-likeness (QED) is 0.384. The van der Waals surface area contributed by atoms with Crippen LogP contribution in [0.3, 0.4) is 0 Å². The molecule has 1 N–H and O–H groups in total. The highest BCUT2D eigenvalue weighted by atomic mass is 32.1. The minimum atomic E-state index is -0.473. The van der Waals surface area contributed by atoms with Crippen molar-refractivity contribution < 1.29 is 9.59 Å². The van der Waals surface area contributed by atoms with Gasteiger partial charge in [0.2, 0.25) is 0 Å². The first kappa shape index (κ1) is 20.8. The van der Waals surface area contributed by atoms with Gasteiger partial charge in [-0.05, 0) is 68.4 Å². The zero-order valence-corrected chi connectivity index (χ0v) is 18.5. The number of thiocarbonyl (C=S) groups is 1. The van der Waals surface area contributed by atoms with Gasteiger partial charge in [-0.1, -0.05) is 48.0 Å². The van der Waals surface area contributed by atoms with Gasteiger partial charge in [-0.2, -0.15) is 0 Å². The van der Waals surface area contributed by atoms with E-state index in [0.29, 0.717) is 6.54 Å². The van der Waals surface area contributed by atoms with Crippen LogP contribution in [0.25, 0.3) is 11.8 Å². The van der Waals surface area contributed by atoms with Crippen molar-refractivity contribution >= 4 is 35.2 Å². The molecule has 4 rings (SSSR count). The van der Waals surface area contributed by atoms with E-state index in [1.807, 2.05) is 57.2 Å². The Hall–Kier alpha value is -3.51. The fraction of sp³-hybridized carbons (Fsp3) is 0.160. The molecule has 0 atom stereocenters. The molecule has 0 radical (unpaired) electrons. The molecule has 31 heavy (non-hydrogen) atoms. The summed E-state index contributed by atoms with van der Waals surface area (Å²) in [6.07, 6.45) is 1.66. The molecule has 0 unspecified atom stereocenters. The van der Waals surface area contributed by atoms with Crippen molar-refractivity contribution in [1.82, 2.24) is 14.8 Å². The number of nitrogens with zero attached hydrogens (tertiary/aromatic N) is 2. The maximum absolute atomic E-state index is 13.2. The van der Waals surface area contributed by atoms with E-state index in [4.69, 9.17) is 12.2 Å². The summed E-state index contributed by atoms with van der Waals surface area (Å²) in [5.41, 5.74) is 6.04. The third kappa shape index (κ3) is 4.07. The van der Waals surface area contributed by atoms with Gasteiger partial charge in [-0.15, -0.1) is 0 Å². The van der Waals surface area contributed by atoms with Crippen LogP contribution in [0.1, 0.15) is 28.1 Å². The maximum atomic E-state index is 13.2. The van der Waals surface area contributed by atoms with Gasteiger partial charge in [0.15, 0.2) is 5.11 Å². The van der Waals surface area contributed by atoms with E-state index in [-0.39, 0.29) is 10.7 Å². The van der Waals surface area contributed by atoms with Crippen LogP contribution in [0.4, 0.5) is 0 Å². The van der Waals surface area contributed by atoms with Crippen LogP contribution in [-0.4, -0.2) is 26.4 Å². The second-order valence-corrected chi connectivity index (χ2v) is 8.08. The van der Waals surface area contributed by atoms with E-state index in [1.54, 1.807) is 6.08 Å². The normalized spacial score (nSPS) is 15.5. The summed E-state index contributed by atoms with van der Waals surface area (Å²) in [6.45, 7) is 6.34. The standard InChI is InChI=1S/C25H23N3O2S/c1-16-9-11-21(12-10-16)28-17(2)13-20(18(28)3)14-22-23(29)26-25(31)27(24(22)30)15-19-7-5-4-6-8-19/h4-14H,15H2,1-3H3,(H,26,29,31)/b22-14-. The van der Waals surface area contributed by atoms with E-state index in [2.05, 4.69) is 34.1 Å². The first-order valence-corrected chi connectivity index (χ1v) is 10.4. The molecule has 1 fully saturated rings. The van der Waals surface area contributed by atoms with Crippen molar-refractivity contribution in [2.75, 3.05) is 0 Å². The van der Waals surface area contributed by atoms with Crippen molar-refractivity contribution in [2.24, 2.45) is 0 Å². The number of hydrogen-bond acceptors (Lipinski definition) is 3. The monoisotopic (exact) mass is 429 g/mol. The Bertz CT molecular complexity index is 1210. The molecular formula is C25H23N3O2S. The van der Waals surface area contributed by atoms with Gasteiger partial charge >= 0.3 is 0 Å². The van der Waals surface area contributed by atoms with Crippen LogP contribution in [0.5, 0.6) is 0 Å². The summed E-state index contributed by atoms with van der Waals surface area (Å²) in [5, 5.41) is 2.78. The number of benzene rings is 2. The van der Waals surface area contributed by atoms with Crippen molar-refractivity contribution in [2.45, 2.75) is 27.3 Å². The minimum absolute atomic E-state index is 0.0775. The Morgan fingerprint density at radius 3 is 2.32 bits per heavy atom. The molecular weight excluding hydrogens is 406 g/mol. The Morgan fingerprint density at radius 1 is 0.968 bits per heavy atom. The lowest BCUT2D eigenvalue weighted by Crippen LogP contribution is -2.53. The highest BCUT2D eigenvalue weighted by molar-refractivity contribution is 7.80. The van der Waals surface area contributed by atoms with Crippen molar-refractivity contribution in [1.29, 1.82) is 0 Å². The molecule has 156 valence electrons. The van der Waals surface area contributed by atoms with Crippen LogP contribution in [0.2, 0.25) is 0 Å². The smallest absolute Gasteiger partial charge is 0.265 e. The summed E-state index contributed by atoms with van der Waals surface area (Å²) in [7, 11) is 0. The molecule has 0 aliphatic carbocycles. The molecule has 0 saturated carbocycles. The first-order chi connectivity index (χ1) is 14.8. The van der Waals surface area contributed by atoms with Gasteiger partial charge < -0.3 is 4.57 Å². The number of hydrogen-bond donors (Lipinski definition) is 1. The summed E-state index contributed by atoms with van der Waals surface area (Å²) in [6, 6.07) is 19.8. The number of carbonyl (C=O) groups excluding carboxylic acids is 2. The largest absolute Gasteiger partial charge is 0.318 e. The molecule has 5 nitrogen and oxygen atoms in total. The molecule has 0 bridgehead atoms. The second kappa shape index (κ2) is 8.32. The van der Waals surface area contributed by atoms with Crippen molar-refractivity contribution in [3.05, 3.63) is 94.3 Å². The van der Waals surface area contributed by atoms with Crippen molar-refractivity contribution in [3.8, 4) is 5.69 Å². The van der Waals surface area contributed by atoms with Crippen LogP contribution in [-0.2, 0) is 16.1 Å². The summed E-state index contributed by atoms with van der Waals surface area (Å²) in [4.78, 5) is 27.2. The molecule has 0 spiro atoms. The fourth-order valence-corrected chi connectivity index (χ4v) is 4.02. The van der Waals surface area contributed by atoms with Crippen molar-refractivity contribution in [3.63, 3.8) is 0 Å². The second-order valence-electron chi connectivity index (χ2n) is 7.69. The van der Waals surface area contributed by atoms with E-state index in [9.17, 15) is 9.59 Å². The molecule has 2 heterocycles. The Kier molecular flexibility index (Phi) is 5.57. The number of aryl methyl sites for hydroxylation is 2. The van der Waals surface area contributed by atoms with Crippen LogP contribution < -0.4 is 5.32 Å². The lowest BCUT2D eigenvalue weighted by Gasteiger charge is -2.29. The molecule has 1 saturated heterocycles. The Balaban J connectivity index is 1.69. The Labute approximate surface area is 187 Å². The highest BCUT2D eigenvalue weighted by Gasteiger charge is 2.33. The van der Waals surface area contributed by atoms with E-state index < -0.39 is 11.8 Å². The predicted molar refractivity (Wildman–Crippen MR) is 126 cm³/mol. The van der Waals surface area contributed by atoms with Crippen LogP contribution in [0.15, 0.2) is 66.2 Å². The molecule has 1 aromatic heterocycles.